The first-order valence-corrected chi connectivity index (χ1v) is 7.68. The minimum atomic E-state index is 0.465. The third kappa shape index (κ3) is 3.02. The number of thioether (sulfide) groups is 1. The Morgan fingerprint density at radius 1 is 1.11 bits per heavy atom. The van der Waals surface area contributed by atoms with Crippen LogP contribution in [0.2, 0.25) is 10.0 Å². The molecule has 1 heterocycles. The van der Waals surface area contributed by atoms with Gasteiger partial charge in [0.25, 0.3) is 0 Å². The molecule has 0 aliphatic carbocycles. The number of halogens is 2. The van der Waals surface area contributed by atoms with Crippen LogP contribution in [0, 0.1) is 0 Å². The molecule has 1 aliphatic rings. The van der Waals surface area contributed by atoms with Crippen LogP contribution in [0.4, 0.5) is 0 Å². The normalized spacial score (nSPS) is 17.3. The van der Waals surface area contributed by atoms with Gasteiger partial charge in [-0.05, 0) is 30.2 Å². The quantitative estimate of drug-likeness (QED) is 0.781. The fourth-order valence-electron chi connectivity index (χ4n) is 2.10. The molecule has 0 aromatic heterocycles. The van der Waals surface area contributed by atoms with E-state index in [9.17, 15) is 0 Å². The van der Waals surface area contributed by atoms with Crippen LogP contribution >= 0.6 is 35.0 Å². The molecule has 0 amide bonds. The van der Waals surface area contributed by atoms with Crippen molar-refractivity contribution >= 4 is 35.0 Å². The first-order valence-electron chi connectivity index (χ1n) is 6.05. The van der Waals surface area contributed by atoms with E-state index in [1.807, 2.05) is 17.8 Å². The summed E-state index contributed by atoms with van der Waals surface area (Å²) in [4.78, 5) is 1.37. The van der Waals surface area contributed by atoms with Crippen LogP contribution in [-0.2, 0) is 6.42 Å². The van der Waals surface area contributed by atoms with Gasteiger partial charge >= 0.3 is 0 Å². The van der Waals surface area contributed by atoms with Crippen molar-refractivity contribution in [2.45, 2.75) is 16.6 Å². The summed E-state index contributed by atoms with van der Waals surface area (Å²) < 4.78 is 5.79. The Morgan fingerprint density at radius 2 is 1.95 bits per heavy atom. The van der Waals surface area contributed by atoms with Gasteiger partial charge < -0.3 is 4.74 Å². The number of ether oxygens (including phenoxy) is 1. The van der Waals surface area contributed by atoms with Crippen molar-refractivity contribution in [3.05, 3.63) is 58.1 Å². The Hall–Kier alpha value is -0.830. The van der Waals surface area contributed by atoms with Gasteiger partial charge in [-0.15, -0.1) is 11.8 Å². The molecule has 0 spiro atoms. The Balaban J connectivity index is 1.61. The minimum absolute atomic E-state index is 0.465. The van der Waals surface area contributed by atoms with Crippen molar-refractivity contribution in [1.82, 2.24) is 0 Å². The van der Waals surface area contributed by atoms with E-state index in [4.69, 9.17) is 27.9 Å². The monoisotopic (exact) mass is 310 g/mol. The lowest BCUT2D eigenvalue weighted by molar-refractivity contribution is 0.317. The summed E-state index contributed by atoms with van der Waals surface area (Å²) >= 11 is 13.7. The second kappa shape index (κ2) is 5.66. The summed E-state index contributed by atoms with van der Waals surface area (Å²) in [7, 11) is 0. The third-order valence-electron chi connectivity index (χ3n) is 3.04. The molecule has 0 bridgehead atoms. The summed E-state index contributed by atoms with van der Waals surface area (Å²) in [6, 6.07) is 13.9. The van der Waals surface area contributed by atoms with Crippen molar-refractivity contribution in [2.75, 3.05) is 6.61 Å². The summed E-state index contributed by atoms with van der Waals surface area (Å²) in [5, 5.41) is 1.55. The third-order valence-corrected chi connectivity index (χ3v) is 5.07. The van der Waals surface area contributed by atoms with Gasteiger partial charge in [0.2, 0.25) is 0 Å². The summed E-state index contributed by atoms with van der Waals surface area (Å²) in [6.45, 7) is 0.678. The number of hydrogen-bond donors (Lipinski definition) is 0. The van der Waals surface area contributed by atoms with Crippen molar-refractivity contribution in [2.24, 2.45) is 0 Å². The Kier molecular flexibility index (Phi) is 3.92. The summed E-state index contributed by atoms with van der Waals surface area (Å²) in [5.74, 6) is 0.769. The van der Waals surface area contributed by atoms with Gasteiger partial charge in [-0.1, -0.05) is 41.4 Å². The predicted molar refractivity (Wildman–Crippen MR) is 81.7 cm³/mol. The molecule has 0 fully saturated rings. The summed E-state index contributed by atoms with van der Waals surface area (Å²) in [5.41, 5.74) is 1.41. The van der Waals surface area contributed by atoms with Crippen molar-refractivity contribution in [1.29, 1.82) is 0 Å². The van der Waals surface area contributed by atoms with Gasteiger partial charge in [0.1, 0.15) is 12.4 Å². The fourth-order valence-corrected chi connectivity index (χ4v) is 3.61. The van der Waals surface area contributed by atoms with Gasteiger partial charge in [0.05, 0.1) is 10.0 Å². The van der Waals surface area contributed by atoms with Gasteiger partial charge in [-0.2, -0.15) is 0 Å². The molecule has 19 heavy (non-hydrogen) atoms. The highest BCUT2D eigenvalue weighted by atomic mass is 35.5. The zero-order valence-corrected chi connectivity index (χ0v) is 12.4. The number of rotatable bonds is 3. The van der Waals surface area contributed by atoms with Gasteiger partial charge in [-0.25, -0.2) is 0 Å². The van der Waals surface area contributed by atoms with Crippen LogP contribution in [-0.4, -0.2) is 11.9 Å². The van der Waals surface area contributed by atoms with Gasteiger partial charge in [0, 0.05) is 16.2 Å². The standard InChI is InChI=1S/C15H12Cl2OS/c16-13-6-5-11(8-14(13)17)18-9-12-7-10-3-1-2-4-15(10)19-12/h1-6,8,12H,7,9H2. The van der Waals surface area contributed by atoms with Gasteiger partial charge in [-0.3, -0.25) is 0 Å². The lowest BCUT2D eigenvalue weighted by Crippen LogP contribution is -2.13. The maximum absolute atomic E-state index is 5.97. The average molecular weight is 311 g/mol. The molecule has 2 aromatic carbocycles. The lowest BCUT2D eigenvalue weighted by atomic mass is 10.1. The van der Waals surface area contributed by atoms with Crippen LogP contribution in [0.1, 0.15) is 5.56 Å². The van der Waals surface area contributed by atoms with Gasteiger partial charge in [0.15, 0.2) is 0 Å². The van der Waals surface area contributed by atoms with Crippen LogP contribution in [0.5, 0.6) is 5.75 Å². The molecule has 1 atom stereocenters. The highest BCUT2D eigenvalue weighted by molar-refractivity contribution is 8.00. The van der Waals surface area contributed by atoms with Crippen LogP contribution < -0.4 is 4.74 Å². The number of fused-ring (bicyclic) bond motifs is 1. The molecule has 98 valence electrons. The molecule has 1 aliphatic heterocycles. The van der Waals surface area contributed by atoms with Crippen LogP contribution in [0.25, 0.3) is 0 Å². The van der Waals surface area contributed by atoms with Crippen molar-refractivity contribution in [3.8, 4) is 5.75 Å². The van der Waals surface area contributed by atoms with Crippen molar-refractivity contribution < 1.29 is 4.74 Å². The van der Waals surface area contributed by atoms with E-state index in [1.54, 1.807) is 12.1 Å². The maximum atomic E-state index is 5.97. The van der Waals surface area contributed by atoms with E-state index >= 15 is 0 Å². The molecular formula is C15H12Cl2OS. The van der Waals surface area contributed by atoms with E-state index < -0.39 is 0 Å². The largest absolute Gasteiger partial charge is 0.492 e. The van der Waals surface area contributed by atoms with E-state index in [1.165, 1.54) is 10.5 Å². The average Bonchev–Trinajstić information content (AvgIpc) is 2.83. The second-order valence-corrected chi connectivity index (χ2v) is 6.60. The number of benzene rings is 2. The van der Waals surface area contributed by atoms with Crippen LogP contribution in [0.3, 0.4) is 0 Å². The topological polar surface area (TPSA) is 9.23 Å². The predicted octanol–water partition coefficient (Wildman–Crippen LogP) is 5.09. The molecule has 2 aromatic rings. The van der Waals surface area contributed by atoms with E-state index in [0.717, 1.165) is 12.2 Å². The highest BCUT2D eigenvalue weighted by Gasteiger charge is 2.22. The summed E-state index contributed by atoms with van der Waals surface area (Å²) in [6.07, 6.45) is 1.06. The smallest absolute Gasteiger partial charge is 0.120 e. The highest BCUT2D eigenvalue weighted by Crippen LogP contribution is 2.37. The zero-order chi connectivity index (χ0) is 13.2. The first kappa shape index (κ1) is 13.2. The Bertz CT molecular complexity index is 575. The second-order valence-electron chi connectivity index (χ2n) is 4.44. The molecule has 1 unspecified atom stereocenters. The molecule has 0 saturated carbocycles. The molecule has 3 rings (SSSR count). The SMILES string of the molecule is Clc1ccc(OCC2Cc3ccccc3S2)cc1Cl. The van der Waals surface area contributed by atoms with E-state index in [0.29, 0.717) is 21.9 Å². The minimum Gasteiger partial charge on any atom is -0.492 e. The molecular weight excluding hydrogens is 299 g/mol. The lowest BCUT2D eigenvalue weighted by Gasteiger charge is -2.11. The molecule has 4 heteroatoms. The maximum Gasteiger partial charge on any atom is 0.120 e. The Morgan fingerprint density at radius 3 is 2.74 bits per heavy atom. The molecule has 0 saturated heterocycles. The Labute approximate surface area is 126 Å². The van der Waals surface area contributed by atoms with Crippen LogP contribution in [0.15, 0.2) is 47.4 Å². The number of hydrogen-bond acceptors (Lipinski definition) is 2. The van der Waals surface area contributed by atoms with E-state index in [-0.39, 0.29) is 0 Å². The molecule has 0 N–H and O–H groups in total. The molecule has 0 radical (unpaired) electrons. The first-order chi connectivity index (χ1) is 9.22. The fraction of sp³-hybridized carbons (Fsp3) is 0.200. The zero-order valence-electron chi connectivity index (χ0n) is 10.1. The molecule has 1 nitrogen and oxygen atoms in total. The van der Waals surface area contributed by atoms with Crippen molar-refractivity contribution in [3.63, 3.8) is 0 Å². The van der Waals surface area contributed by atoms with E-state index in [2.05, 4.69) is 24.3 Å².